The summed E-state index contributed by atoms with van der Waals surface area (Å²) in [7, 11) is 1.79. The van der Waals surface area contributed by atoms with Crippen LogP contribution in [-0.4, -0.2) is 69.5 Å². The van der Waals surface area contributed by atoms with Gasteiger partial charge in [0.1, 0.15) is 5.82 Å². The van der Waals surface area contributed by atoms with Crippen molar-refractivity contribution in [1.82, 2.24) is 25.0 Å². The average molecular weight is 417 g/mol. The summed E-state index contributed by atoms with van der Waals surface area (Å²) in [5.41, 5.74) is 1.57. The van der Waals surface area contributed by atoms with Crippen molar-refractivity contribution in [2.45, 2.75) is 32.2 Å². The fourth-order valence-electron chi connectivity index (χ4n) is 4.38. The Hall–Kier alpha value is -2.61. The Kier molecular flexibility index (Phi) is 5.45. The molecule has 8 nitrogen and oxygen atoms in total. The van der Waals surface area contributed by atoms with Gasteiger partial charge in [-0.05, 0) is 44.2 Å². The number of piperidine rings is 2. The highest BCUT2D eigenvalue weighted by molar-refractivity contribution is 6.34. The van der Waals surface area contributed by atoms with E-state index in [1.54, 1.807) is 32.3 Å². The van der Waals surface area contributed by atoms with Crippen molar-refractivity contribution in [3.05, 3.63) is 40.3 Å². The number of pyridine rings is 1. The van der Waals surface area contributed by atoms with Gasteiger partial charge in [-0.15, -0.1) is 0 Å². The lowest BCUT2D eigenvalue weighted by atomic mass is 9.83. The number of rotatable bonds is 3. The van der Waals surface area contributed by atoms with Gasteiger partial charge in [0.2, 0.25) is 0 Å². The molecule has 0 aromatic carbocycles. The normalized spacial score (nSPS) is 21.6. The number of fused-ring (bicyclic) bond motifs is 1. The molecule has 0 saturated carbocycles. The van der Waals surface area contributed by atoms with Gasteiger partial charge >= 0.3 is 0 Å². The largest absolute Gasteiger partial charge is 0.373 e. The Bertz CT molecular complexity index is 912. The van der Waals surface area contributed by atoms with Gasteiger partial charge in [0, 0.05) is 38.9 Å². The average Bonchev–Trinajstić information content (AvgIpc) is 3.10. The quantitative estimate of drug-likeness (QED) is 0.801. The SMILES string of the molecule is CNc1ccc(C(=O)N2CCC3C(CCCN3C(=O)c3n[nH]c(C)c3Cl)C2)cn1. The molecule has 2 amide bonds. The van der Waals surface area contributed by atoms with E-state index in [0.29, 0.717) is 41.6 Å². The first-order chi connectivity index (χ1) is 14.0. The van der Waals surface area contributed by atoms with Gasteiger partial charge in [-0.3, -0.25) is 14.7 Å². The summed E-state index contributed by atoms with van der Waals surface area (Å²) in [5.74, 6) is 0.858. The topological polar surface area (TPSA) is 94.2 Å². The van der Waals surface area contributed by atoms with Gasteiger partial charge in [0.15, 0.2) is 5.69 Å². The van der Waals surface area contributed by atoms with Crippen molar-refractivity contribution in [2.24, 2.45) is 5.92 Å². The van der Waals surface area contributed by atoms with Gasteiger partial charge < -0.3 is 15.1 Å². The minimum absolute atomic E-state index is 0.00646. The molecule has 2 saturated heterocycles. The van der Waals surface area contributed by atoms with Crippen LogP contribution in [0, 0.1) is 12.8 Å². The molecule has 2 aliphatic heterocycles. The smallest absolute Gasteiger partial charge is 0.276 e. The molecule has 9 heteroatoms. The van der Waals surface area contributed by atoms with Gasteiger partial charge in [-0.1, -0.05) is 11.6 Å². The summed E-state index contributed by atoms with van der Waals surface area (Å²) < 4.78 is 0. The van der Waals surface area contributed by atoms with E-state index >= 15 is 0 Å². The summed E-state index contributed by atoms with van der Waals surface area (Å²) in [6.45, 7) is 3.76. The molecule has 4 heterocycles. The molecule has 0 bridgehead atoms. The van der Waals surface area contributed by atoms with Crippen LogP contribution < -0.4 is 5.32 Å². The standard InChI is InChI=1S/C20H25ClN6O2/c1-12-17(21)18(25-24-12)20(29)27-8-3-4-14-11-26(9-7-15(14)27)19(28)13-5-6-16(22-2)23-10-13/h5-6,10,14-15H,3-4,7-9,11H2,1-2H3,(H,22,23)(H,24,25). The molecule has 2 N–H and O–H groups in total. The van der Waals surface area contributed by atoms with Crippen LogP contribution in [0.2, 0.25) is 5.02 Å². The van der Waals surface area contributed by atoms with Crippen LogP contribution in [0.15, 0.2) is 18.3 Å². The lowest BCUT2D eigenvalue weighted by Gasteiger charge is -2.47. The van der Waals surface area contributed by atoms with Gasteiger partial charge in [-0.2, -0.15) is 5.10 Å². The van der Waals surface area contributed by atoms with Crippen LogP contribution in [-0.2, 0) is 0 Å². The Balaban J connectivity index is 1.46. The zero-order chi connectivity index (χ0) is 20.5. The van der Waals surface area contributed by atoms with E-state index < -0.39 is 0 Å². The van der Waals surface area contributed by atoms with Crippen molar-refractivity contribution in [1.29, 1.82) is 0 Å². The fourth-order valence-corrected chi connectivity index (χ4v) is 4.55. The molecule has 2 atom stereocenters. The first kappa shape index (κ1) is 19.7. The third kappa shape index (κ3) is 3.69. The molecule has 2 aromatic heterocycles. The Morgan fingerprint density at radius 3 is 2.72 bits per heavy atom. The second-order valence-corrected chi connectivity index (χ2v) is 8.08. The fraction of sp³-hybridized carbons (Fsp3) is 0.500. The molecule has 2 unspecified atom stereocenters. The van der Waals surface area contributed by atoms with E-state index in [9.17, 15) is 9.59 Å². The second-order valence-electron chi connectivity index (χ2n) is 7.70. The summed E-state index contributed by atoms with van der Waals surface area (Å²) in [6.07, 6.45) is 4.28. The molecule has 154 valence electrons. The maximum absolute atomic E-state index is 13.1. The first-order valence-corrected chi connectivity index (χ1v) is 10.3. The minimum Gasteiger partial charge on any atom is -0.373 e. The number of hydrogen-bond donors (Lipinski definition) is 2. The van der Waals surface area contributed by atoms with Gasteiger partial charge in [-0.25, -0.2) is 4.98 Å². The number of nitrogens with one attached hydrogen (secondary N) is 2. The maximum atomic E-state index is 13.1. The van der Waals surface area contributed by atoms with E-state index in [2.05, 4.69) is 20.5 Å². The second kappa shape index (κ2) is 8.02. The highest BCUT2D eigenvalue weighted by Crippen LogP contribution is 2.33. The highest BCUT2D eigenvalue weighted by Gasteiger charge is 2.40. The van der Waals surface area contributed by atoms with Crippen LogP contribution in [0.4, 0.5) is 5.82 Å². The number of carbonyl (C=O) groups excluding carboxylic acids is 2. The summed E-state index contributed by atoms with van der Waals surface area (Å²) >= 11 is 6.25. The van der Waals surface area contributed by atoms with E-state index in [1.165, 1.54) is 0 Å². The number of halogens is 1. The predicted molar refractivity (Wildman–Crippen MR) is 110 cm³/mol. The zero-order valence-corrected chi connectivity index (χ0v) is 17.4. The predicted octanol–water partition coefficient (Wildman–Crippen LogP) is 2.58. The number of aromatic amines is 1. The first-order valence-electron chi connectivity index (χ1n) is 9.94. The molecule has 2 aliphatic rings. The van der Waals surface area contributed by atoms with Crippen LogP contribution in [0.1, 0.15) is 45.8 Å². The van der Waals surface area contributed by atoms with Crippen LogP contribution >= 0.6 is 11.6 Å². The summed E-state index contributed by atoms with van der Waals surface area (Å²) in [5, 5.41) is 10.2. The van der Waals surface area contributed by atoms with E-state index in [-0.39, 0.29) is 23.8 Å². The molecular weight excluding hydrogens is 392 g/mol. The monoisotopic (exact) mass is 416 g/mol. The third-order valence-electron chi connectivity index (χ3n) is 5.96. The summed E-state index contributed by atoms with van der Waals surface area (Å²) in [6, 6.07) is 3.71. The zero-order valence-electron chi connectivity index (χ0n) is 16.6. The molecule has 0 radical (unpaired) electrons. The lowest BCUT2D eigenvalue weighted by molar-refractivity contribution is 0.0194. The Morgan fingerprint density at radius 1 is 1.24 bits per heavy atom. The van der Waals surface area contributed by atoms with E-state index in [1.807, 2.05) is 9.80 Å². The number of hydrogen-bond acceptors (Lipinski definition) is 5. The minimum atomic E-state index is -0.124. The number of H-pyrrole nitrogens is 1. The van der Waals surface area contributed by atoms with Gasteiger partial charge in [0.05, 0.1) is 16.3 Å². The van der Waals surface area contributed by atoms with Crippen molar-refractivity contribution < 1.29 is 9.59 Å². The Labute approximate surface area is 174 Å². The number of likely N-dealkylation sites (tertiary alicyclic amines) is 2. The third-order valence-corrected chi connectivity index (χ3v) is 6.42. The van der Waals surface area contributed by atoms with E-state index in [4.69, 9.17) is 11.6 Å². The summed E-state index contributed by atoms with van der Waals surface area (Å²) in [4.78, 5) is 34.0. The molecule has 2 aromatic rings. The van der Waals surface area contributed by atoms with Crippen molar-refractivity contribution in [3.63, 3.8) is 0 Å². The highest BCUT2D eigenvalue weighted by atomic mass is 35.5. The van der Waals surface area contributed by atoms with Crippen LogP contribution in [0.25, 0.3) is 0 Å². The van der Waals surface area contributed by atoms with Crippen molar-refractivity contribution in [3.8, 4) is 0 Å². The molecule has 4 rings (SSSR count). The molecular formula is C20H25ClN6O2. The number of amides is 2. The number of carbonyl (C=O) groups is 2. The molecule has 29 heavy (non-hydrogen) atoms. The molecule has 0 spiro atoms. The van der Waals surface area contributed by atoms with Crippen LogP contribution in [0.3, 0.4) is 0 Å². The maximum Gasteiger partial charge on any atom is 0.276 e. The van der Waals surface area contributed by atoms with E-state index in [0.717, 1.165) is 25.1 Å². The number of nitrogens with zero attached hydrogens (tertiary/aromatic N) is 4. The Morgan fingerprint density at radius 2 is 2.07 bits per heavy atom. The van der Waals surface area contributed by atoms with Crippen LogP contribution in [0.5, 0.6) is 0 Å². The number of anilines is 1. The lowest BCUT2D eigenvalue weighted by Crippen LogP contribution is -2.56. The molecule has 2 fully saturated rings. The molecule has 0 aliphatic carbocycles. The number of aryl methyl sites for hydroxylation is 1. The van der Waals surface area contributed by atoms with Crippen molar-refractivity contribution >= 4 is 29.2 Å². The van der Waals surface area contributed by atoms with Crippen molar-refractivity contribution in [2.75, 3.05) is 32.0 Å². The number of aromatic nitrogens is 3. The van der Waals surface area contributed by atoms with Gasteiger partial charge in [0.25, 0.3) is 11.8 Å².